The maximum atomic E-state index is 12.8. The Balaban J connectivity index is 1.54. The summed E-state index contributed by atoms with van der Waals surface area (Å²) in [5, 5.41) is 17.6. The summed E-state index contributed by atoms with van der Waals surface area (Å²) in [4.78, 5) is 31.1. The van der Waals surface area contributed by atoms with Crippen LogP contribution in [0.2, 0.25) is 0 Å². The molecule has 1 aliphatic rings. The number of hydrogen-bond donors (Lipinski definition) is 3. The third kappa shape index (κ3) is 5.20. The van der Waals surface area contributed by atoms with Crippen LogP contribution >= 0.6 is 0 Å². The number of nitrogens with two attached hydrogens (primary N) is 1. The van der Waals surface area contributed by atoms with Gasteiger partial charge in [0.25, 0.3) is 5.91 Å². The minimum absolute atomic E-state index is 0.0664. The van der Waals surface area contributed by atoms with Gasteiger partial charge in [-0.3, -0.25) is 14.5 Å². The molecule has 3 aromatic rings. The van der Waals surface area contributed by atoms with Gasteiger partial charge < -0.3 is 16.2 Å². The van der Waals surface area contributed by atoms with Crippen molar-refractivity contribution in [2.75, 3.05) is 18.4 Å². The summed E-state index contributed by atoms with van der Waals surface area (Å²) in [6.45, 7) is 7.47. The standard InChI is InChI=1S/C24H30N6O3/c1-15-12-21-26-20(27-23(32)17-4-6-18(7-5-17)24(2,3)33)13-19(30(21)28-15)14-29-10-8-16(9-11-29)22(25)31/h4-7,12-13,16,33H,8-11,14H2,1-3H3,(H2,25,31)(H,26,27,32). The molecule has 0 saturated carbocycles. The van der Waals surface area contributed by atoms with Crippen molar-refractivity contribution < 1.29 is 14.7 Å². The average molecular weight is 451 g/mol. The number of aryl methyl sites for hydroxylation is 1. The highest BCUT2D eigenvalue weighted by molar-refractivity contribution is 6.03. The number of fused-ring (bicyclic) bond motifs is 1. The summed E-state index contributed by atoms with van der Waals surface area (Å²) in [6.07, 6.45) is 1.48. The molecule has 2 aromatic heterocycles. The molecule has 4 rings (SSSR count). The van der Waals surface area contributed by atoms with Crippen LogP contribution in [0.5, 0.6) is 0 Å². The topological polar surface area (TPSA) is 126 Å². The van der Waals surface area contributed by atoms with Crippen molar-refractivity contribution in [2.45, 2.75) is 45.8 Å². The number of amides is 2. The number of nitrogens with one attached hydrogen (secondary N) is 1. The first-order valence-corrected chi connectivity index (χ1v) is 11.1. The molecule has 0 atom stereocenters. The van der Waals surface area contributed by atoms with Crippen molar-refractivity contribution in [3.05, 3.63) is 58.9 Å². The van der Waals surface area contributed by atoms with E-state index in [9.17, 15) is 14.7 Å². The Bertz CT molecular complexity index is 1170. The molecule has 9 nitrogen and oxygen atoms in total. The molecule has 1 aromatic carbocycles. The van der Waals surface area contributed by atoms with Gasteiger partial charge in [-0.05, 0) is 64.4 Å². The minimum Gasteiger partial charge on any atom is -0.386 e. The number of primary amides is 1. The van der Waals surface area contributed by atoms with Crippen molar-refractivity contribution in [3.8, 4) is 0 Å². The summed E-state index contributed by atoms with van der Waals surface area (Å²) < 4.78 is 1.79. The molecule has 33 heavy (non-hydrogen) atoms. The van der Waals surface area contributed by atoms with E-state index in [0.717, 1.165) is 42.9 Å². The van der Waals surface area contributed by atoms with Gasteiger partial charge in [-0.15, -0.1) is 0 Å². The molecular formula is C24H30N6O3. The normalized spacial score (nSPS) is 15.6. The maximum absolute atomic E-state index is 12.8. The molecule has 3 heterocycles. The molecule has 0 bridgehead atoms. The van der Waals surface area contributed by atoms with E-state index in [1.165, 1.54) is 0 Å². The summed E-state index contributed by atoms with van der Waals surface area (Å²) in [5.74, 6) is -0.132. The van der Waals surface area contributed by atoms with E-state index in [2.05, 4.69) is 20.3 Å². The second-order valence-corrected chi connectivity index (χ2v) is 9.23. The molecular weight excluding hydrogens is 420 g/mol. The van der Waals surface area contributed by atoms with Crippen molar-refractivity contribution in [1.29, 1.82) is 0 Å². The Morgan fingerprint density at radius 3 is 2.45 bits per heavy atom. The molecule has 0 aliphatic carbocycles. The second-order valence-electron chi connectivity index (χ2n) is 9.23. The Hall–Kier alpha value is -3.30. The van der Waals surface area contributed by atoms with E-state index in [-0.39, 0.29) is 17.7 Å². The number of carbonyl (C=O) groups is 2. The Kier molecular flexibility index (Phi) is 6.18. The number of piperidine rings is 1. The lowest BCUT2D eigenvalue weighted by Crippen LogP contribution is -2.38. The van der Waals surface area contributed by atoms with E-state index >= 15 is 0 Å². The number of likely N-dealkylation sites (tertiary alicyclic amines) is 1. The maximum Gasteiger partial charge on any atom is 0.256 e. The summed E-state index contributed by atoms with van der Waals surface area (Å²) in [6, 6.07) is 10.6. The van der Waals surface area contributed by atoms with Crippen LogP contribution in [0.15, 0.2) is 36.4 Å². The summed E-state index contributed by atoms with van der Waals surface area (Å²) >= 11 is 0. The highest BCUT2D eigenvalue weighted by Crippen LogP contribution is 2.22. The van der Waals surface area contributed by atoms with Crippen molar-refractivity contribution >= 4 is 23.3 Å². The van der Waals surface area contributed by atoms with Crippen LogP contribution in [0.1, 0.15) is 54.0 Å². The van der Waals surface area contributed by atoms with Gasteiger partial charge in [0.05, 0.1) is 17.0 Å². The number of carbonyl (C=O) groups excluding carboxylic acids is 2. The fourth-order valence-corrected chi connectivity index (χ4v) is 4.15. The van der Waals surface area contributed by atoms with E-state index in [1.54, 1.807) is 42.6 Å². The van der Waals surface area contributed by atoms with E-state index in [0.29, 0.717) is 23.6 Å². The Labute approximate surface area is 192 Å². The quantitative estimate of drug-likeness (QED) is 0.529. The van der Waals surface area contributed by atoms with Crippen molar-refractivity contribution in [3.63, 3.8) is 0 Å². The summed E-state index contributed by atoms with van der Waals surface area (Å²) in [5.41, 5.74) is 8.09. The average Bonchev–Trinajstić information content (AvgIpc) is 3.14. The fraction of sp³-hybridized carbons (Fsp3) is 0.417. The van der Waals surface area contributed by atoms with E-state index in [1.807, 2.05) is 19.1 Å². The van der Waals surface area contributed by atoms with Crippen LogP contribution in [-0.4, -0.2) is 49.5 Å². The lowest BCUT2D eigenvalue weighted by molar-refractivity contribution is -0.123. The van der Waals surface area contributed by atoms with Crippen LogP contribution in [0.25, 0.3) is 5.65 Å². The molecule has 1 saturated heterocycles. The predicted molar refractivity (Wildman–Crippen MR) is 125 cm³/mol. The molecule has 1 aliphatic heterocycles. The van der Waals surface area contributed by atoms with Gasteiger partial charge in [0.2, 0.25) is 5.91 Å². The predicted octanol–water partition coefficient (Wildman–Crippen LogP) is 2.21. The number of aromatic nitrogens is 3. The Morgan fingerprint density at radius 2 is 1.85 bits per heavy atom. The monoisotopic (exact) mass is 450 g/mol. The lowest BCUT2D eigenvalue weighted by Gasteiger charge is -2.30. The molecule has 0 spiro atoms. The molecule has 2 amide bonds. The number of hydrogen-bond acceptors (Lipinski definition) is 6. The lowest BCUT2D eigenvalue weighted by atomic mass is 9.96. The Morgan fingerprint density at radius 1 is 1.18 bits per heavy atom. The van der Waals surface area contributed by atoms with Crippen molar-refractivity contribution in [2.24, 2.45) is 11.7 Å². The van der Waals surface area contributed by atoms with Crippen molar-refractivity contribution in [1.82, 2.24) is 19.5 Å². The van der Waals surface area contributed by atoms with Crippen LogP contribution in [0.3, 0.4) is 0 Å². The number of benzene rings is 1. The van der Waals surface area contributed by atoms with Gasteiger partial charge in [-0.25, -0.2) is 9.50 Å². The molecule has 9 heteroatoms. The first-order valence-electron chi connectivity index (χ1n) is 11.1. The SMILES string of the molecule is Cc1cc2nc(NC(=O)c3ccc(C(C)(C)O)cc3)cc(CN3CCC(C(N)=O)CC3)n2n1. The fourth-order valence-electron chi connectivity index (χ4n) is 4.15. The summed E-state index contributed by atoms with van der Waals surface area (Å²) in [7, 11) is 0. The van der Waals surface area contributed by atoms with Gasteiger partial charge in [0.15, 0.2) is 5.65 Å². The third-order valence-corrected chi connectivity index (χ3v) is 6.09. The van der Waals surface area contributed by atoms with Crippen LogP contribution in [0.4, 0.5) is 5.82 Å². The minimum atomic E-state index is -0.970. The van der Waals surface area contributed by atoms with Gasteiger partial charge >= 0.3 is 0 Å². The highest BCUT2D eigenvalue weighted by atomic mass is 16.3. The zero-order valence-corrected chi connectivity index (χ0v) is 19.2. The van der Waals surface area contributed by atoms with Crippen LogP contribution < -0.4 is 11.1 Å². The number of anilines is 1. The van der Waals surface area contributed by atoms with Gasteiger partial charge in [-0.1, -0.05) is 12.1 Å². The number of nitrogens with zero attached hydrogens (tertiary/aromatic N) is 4. The highest BCUT2D eigenvalue weighted by Gasteiger charge is 2.24. The zero-order chi connectivity index (χ0) is 23.8. The van der Waals surface area contributed by atoms with Crippen LogP contribution in [0, 0.1) is 12.8 Å². The first kappa shape index (κ1) is 22.9. The molecule has 1 fully saturated rings. The van der Waals surface area contributed by atoms with E-state index in [4.69, 9.17) is 5.73 Å². The number of aliphatic hydroxyl groups is 1. The van der Waals surface area contributed by atoms with Gasteiger partial charge in [0.1, 0.15) is 5.82 Å². The van der Waals surface area contributed by atoms with Crippen LogP contribution in [-0.2, 0) is 16.9 Å². The smallest absolute Gasteiger partial charge is 0.256 e. The van der Waals surface area contributed by atoms with Gasteiger partial charge in [-0.2, -0.15) is 5.10 Å². The molecule has 4 N–H and O–H groups in total. The number of rotatable bonds is 6. The molecule has 174 valence electrons. The zero-order valence-electron chi connectivity index (χ0n) is 19.2. The molecule has 0 radical (unpaired) electrons. The third-order valence-electron chi connectivity index (χ3n) is 6.09. The molecule has 0 unspecified atom stereocenters. The second kappa shape index (κ2) is 8.92. The van der Waals surface area contributed by atoms with E-state index < -0.39 is 5.60 Å². The first-order chi connectivity index (χ1) is 15.6. The van der Waals surface area contributed by atoms with Gasteiger partial charge in [0, 0.05) is 30.2 Å². The largest absolute Gasteiger partial charge is 0.386 e.